The molecule has 0 spiro atoms. The van der Waals surface area contributed by atoms with Gasteiger partial charge in [-0.2, -0.15) is 0 Å². The van der Waals surface area contributed by atoms with Crippen molar-refractivity contribution in [2.75, 3.05) is 0 Å². The maximum absolute atomic E-state index is 11.6. The van der Waals surface area contributed by atoms with E-state index in [-0.39, 0.29) is 11.9 Å². The Bertz CT molecular complexity index is 325. The highest BCUT2D eigenvalue weighted by Crippen LogP contribution is 2.21. The largest absolute Gasteiger partial charge is 0.393 e. The van der Waals surface area contributed by atoms with E-state index in [4.69, 9.17) is 4.74 Å². The smallest absolute Gasteiger partial charge is 0.313 e. The zero-order valence-electron chi connectivity index (χ0n) is 15.1. The molecule has 23 heavy (non-hydrogen) atoms. The van der Waals surface area contributed by atoms with Gasteiger partial charge in [-0.1, -0.05) is 84.0 Å². The Balaban J connectivity index is 2.31. The third-order valence-electron chi connectivity index (χ3n) is 5.04. The highest BCUT2D eigenvalue weighted by atomic mass is 16.6. The van der Waals surface area contributed by atoms with Crippen LogP contribution in [0, 0.1) is 5.92 Å². The molecule has 1 heterocycles. The minimum absolute atomic E-state index is 0.334. The van der Waals surface area contributed by atoms with Gasteiger partial charge in [0.1, 0.15) is 0 Å². The maximum atomic E-state index is 11.6. The summed E-state index contributed by atoms with van der Waals surface area (Å²) in [5.41, 5.74) is 0. The molecule has 0 amide bonds. The highest BCUT2D eigenvalue weighted by molar-refractivity contribution is 5.85. The Hall–Kier alpha value is -0.860. The normalized spacial score (nSPS) is 25.0. The van der Waals surface area contributed by atoms with E-state index in [9.17, 15) is 9.59 Å². The van der Waals surface area contributed by atoms with Gasteiger partial charge in [0, 0.05) is 12.8 Å². The molecule has 0 saturated carbocycles. The molecule has 1 atom stereocenters. The number of ether oxygens (including phenoxy) is 1. The maximum Gasteiger partial charge on any atom is 0.313 e. The summed E-state index contributed by atoms with van der Waals surface area (Å²) in [7, 11) is 0. The van der Waals surface area contributed by atoms with Crippen LogP contribution in [0.3, 0.4) is 0 Å². The van der Waals surface area contributed by atoms with Crippen molar-refractivity contribution in [3.05, 3.63) is 0 Å². The van der Waals surface area contributed by atoms with E-state index in [1.807, 2.05) is 0 Å². The zero-order chi connectivity index (χ0) is 16.8. The lowest BCUT2D eigenvalue weighted by Gasteiger charge is -2.14. The summed E-state index contributed by atoms with van der Waals surface area (Å²) in [5.74, 6) is 0.220. The molecule has 0 bridgehead atoms. The third-order valence-corrected chi connectivity index (χ3v) is 5.04. The van der Waals surface area contributed by atoms with E-state index in [0.717, 1.165) is 31.6 Å². The molecule has 1 rings (SSSR count). The fourth-order valence-corrected chi connectivity index (χ4v) is 3.42. The first-order chi connectivity index (χ1) is 11.2. The summed E-state index contributed by atoms with van der Waals surface area (Å²) >= 11 is 0. The van der Waals surface area contributed by atoms with Gasteiger partial charge in [0.05, 0.1) is 0 Å². The van der Waals surface area contributed by atoms with Crippen LogP contribution in [0.25, 0.3) is 0 Å². The van der Waals surface area contributed by atoms with Gasteiger partial charge in [-0.15, -0.1) is 0 Å². The second-order valence-corrected chi connectivity index (χ2v) is 7.09. The summed E-state index contributed by atoms with van der Waals surface area (Å²) in [6.07, 6.45) is 17.6. The standard InChI is InChI=1S/C20H36O3/c1-2-18-14-10-6-4-3-5-7-12-16-19(21)23-20(22)17-13-9-8-11-15-18/h18H,2-17H2,1H3. The Morgan fingerprint density at radius 1 is 0.696 bits per heavy atom. The average molecular weight is 325 g/mol. The van der Waals surface area contributed by atoms with Crippen molar-refractivity contribution in [1.82, 2.24) is 0 Å². The molecule has 3 nitrogen and oxygen atoms in total. The fourth-order valence-electron chi connectivity index (χ4n) is 3.42. The van der Waals surface area contributed by atoms with E-state index in [0.29, 0.717) is 12.8 Å². The molecule has 0 aromatic rings. The number of carbonyl (C=O) groups excluding carboxylic acids is 2. The second kappa shape index (κ2) is 13.6. The summed E-state index contributed by atoms with van der Waals surface area (Å²) < 4.78 is 4.87. The summed E-state index contributed by atoms with van der Waals surface area (Å²) in [6, 6.07) is 0. The van der Waals surface area contributed by atoms with Crippen molar-refractivity contribution < 1.29 is 14.3 Å². The number of cyclic esters (lactones) is 2. The fraction of sp³-hybridized carbons (Fsp3) is 0.900. The molecule has 0 N–H and O–H groups in total. The van der Waals surface area contributed by atoms with E-state index in [1.165, 1.54) is 64.2 Å². The van der Waals surface area contributed by atoms with E-state index < -0.39 is 0 Å². The van der Waals surface area contributed by atoms with Gasteiger partial charge < -0.3 is 4.74 Å². The highest BCUT2D eigenvalue weighted by Gasteiger charge is 2.10. The Morgan fingerprint density at radius 2 is 1.09 bits per heavy atom. The minimum Gasteiger partial charge on any atom is -0.393 e. The average Bonchev–Trinajstić information content (AvgIpc) is 2.53. The molecule has 1 unspecified atom stereocenters. The predicted octanol–water partition coefficient (Wildman–Crippen LogP) is 5.95. The predicted molar refractivity (Wildman–Crippen MR) is 94.1 cm³/mol. The molecule has 3 heteroatoms. The van der Waals surface area contributed by atoms with Gasteiger partial charge >= 0.3 is 11.9 Å². The second-order valence-electron chi connectivity index (χ2n) is 7.09. The van der Waals surface area contributed by atoms with Crippen LogP contribution in [0.4, 0.5) is 0 Å². The number of esters is 2. The van der Waals surface area contributed by atoms with Crippen molar-refractivity contribution in [1.29, 1.82) is 0 Å². The topological polar surface area (TPSA) is 43.4 Å². The first-order valence-electron chi connectivity index (χ1n) is 9.96. The molecule has 0 aromatic heterocycles. The van der Waals surface area contributed by atoms with Crippen molar-refractivity contribution in [3.8, 4) is 0 Å². The van der Waals surface area contributed by atoms with E-state index in [1.54, 1.807) is 0 Å². The molecule has 1 saturated heterocycles. The van der Waals surface area contributed by atoms with Crippen LogP contribution in [0.5, 0.6) is 0 Å². The quantitative estimate of drug-likeness (QED) is 0.442. The molecule has 1 aliphatic heterocycles. The van der Waals surface area contributed by atoms with Crippen LogP contribution in [0.2, 0.25) is 0 Å². The lowest BCUT2D eigenvalue weighted by atomic mass is 9.92. The van der Waals surface area contributed by atoms with Gasteiger partial charge in [0.15, 0.2) is 0 Å². The number of hydrogen-bond donors (Lipinski definition) is 0. The number of hydrogen-bond acceptors (Lipinski definition) is 3. The molecule has 1 fully saturated rings. The number of rotatable bonds is 1. The molecular weight excluding hydrogens is 288 g/mol. The molecule has 134 valence electrons. The molecule has 1 aliphatic rings. The minimum atomic E-state index is -0.335. The van der Waals surface area contributed by atoms with Gasteiger partial charge in [-0.05, 0) is 18.8 Å². The lowest BCUT2D eigenvalue weighted by Crippen LogP contribution is -2.11. The van der Waals surface area contributed by atoms with Crippen molar-refractivity contribution >= 4 is 11.9 Å². The van der Waals surface area contributed by atoms with Crippen LogP contribution >= 0.6 is 0 Å². The summed E-state index contributed by atoms with van der Waals surface area (Å²) in [4.78, 5) is 23.1. The van der Waals surface area contributed by atoms with Crippen molar-refractivity contribution in [2.24, 2.45) is 5.92 Å². The first-order valence-corrected chi connectivity index (χ1v) is 9.96. The Labute approximate surface area is 142 Å². The molecular formula is C20H36O3. The molecule has 0 aromatic carbocycles. The summed E-state index contributed by atoms with van der Waals surface area (Å²) in [6.45, 7) is 2.31. The van der Waals surface area contributed by atoms with Crippen LogP contribution in [-0.2, 0) is 14.3 Å². The zero-order valence-corrected chi connectivity index (χ0v) is 15.1. The van der Waals surface area contributed by atoms with Gasteiger partial charge in [-0.25, -0.2) is 0 Å². The monoisotopic (exact) mass is 324 g/mol. The van der Waals surface area contributed by atoms with E-state index >= 15 is 0 Å². The SMILES string of the molecule is CCC1CCCCCCCCCC(=O)OC(=O)CCCCCC1. The van der Waals surface area contributed by atoms with Crippen LogP contribution in [0.1, 0.15) is 110 Å². The first kappa shape index (κ1) is 20.2. The Kier molecular flexibility index (Phi) is 11.9. The van der Waals surface area contributed by atoms with Crippen molar-refractivity contribution in [2.45, 2.75) is 110 Å². The Morgan fingerprint density at radius 3 is 1.52 bits per heavy atom. The summed E-state index contributed by atoms with van der Waals surface area (Å²) in [5, 5.41) is 0. The van der Waals surface area contributed by atoms with Crippen LogP contribution in [-0.4, -0.2) is 11.9 Å². The van der Waals surface area contributed by atoms with E-state index in [2.05, 4.69) is 6.92 Å². The molecule has 0 radical (unpaired) electrons. The van der Waals surface area contributed by atoms with Gasteiger partial charge in [-0.3, -0.25) is 9.59 Å². The third kappa shape index (κ3) is 11.3. The van der Waals surface area contributed by atoms with Crippen LogP contribution < -0.4 is 0 Å². The van der Waals surface area contributed by atoms with Gasteiger partial charge in [0.25, 0.3) is 0 Å². The van der Waals surface area contributed by atoms with Crippen LogP contribution in [0.15, 0.2) is 0 Å². The van der Waals surface area contributed by atoms with Crippen molar-refractivity contribution in [3.63, 3.8) is 0 Å². The number of carbonyl (C=O) groups is 2. The van der Waals surface area contributed by atoms with Gasteiger partial charge in [0.2, 0.25) is 0 Å². The molecule has 0 aliphatic carbocycles. The lowest BCUT2D eigenvalue weighted by molar-refractivity contribution is -0.159.